The van der Waals surface area contributed by atoms with E-state index in [0.717, 1.165) is 24.5 Å². The van der Waals surface area contributed by atoms with Crippen molar-refractivity contribution in [3.05, 3.63) is 23.8 Å². The molecule has 2 heterocycles. The predicted molar refractivity (Wildman–Crippen MR) is 48.3 cm³/mol. The van der Waals surface area contributed by atoms with E-state index in [4.69, 9.17) is 4.74 Å². The Labute approximate surface area is 77.4 Å². The van der Waals surface area contributed by atoms with Gasteiger partial charge in [-0.15, -0.1) is 0 Å². The minimum absolute atomic E-state index is 0.210. The average molecular weight is 179 g/mol. The van der Waals surface area contributed by atoms with Crippen LogP contribution < -0.4 is 5.32 Å². The minimum Gasteiger partial charge on any atom is -0.378 e. The van der Waals surface area contributed by atoms with E-state index in [9.17, 15) is 0 Å². The molecule has 0 radical (unpaired) electrons. The van der Waals surface area contributed by atoms with Gasteiger partial charge in [0.25, 0.3) is 0 Å². The lowest BCUT2D eigenvalue weighted by atomic mass is 10.2. The van der Waals surface area contributed by atoms with Gasteiger partial charge >= 0.3 is 0 Å². The summed E-state index contributed by atoms with van der Waals surface area (Å²) in [6.45, 7) is 4.30. The summed E-state index contributed by atoms with van der Waals surface area (Å²) in [7, 11) is 0. The summed E-state index contributed by atoms with van der Waals surface area (Å²) < 4.78 is 5.34. The number of hydrogen-bond donors (Lipinski definition) is 1. The normalized spacial score (nSPS) is 23.0. The second-order valence-corrected chi connectivity index (χ2v) is 3.16. The fraction of sp³-hybridized carbons (Fsp3) is 0.556. The summed E-state index contributed by atoms with van der Waals surface area (Å²) in [4.78, 5) is 8.49. The minimum atomic E-state index is 0.210. The van der Waals surface area contributed by atoms with Crippen LogP contribution in [0.15, 0.2) is 12.4 Å². The van der Waals surface area contributed by atoms with Crippen LogP contribution in [-0.4, -0.2) is 29.7 Å². The van der Waals surface area contributed by atoms with Crippen molar-refractivity contribution in [2.75, 3.05) is 19.8 Å². The van der Waals surface area contributed by atoms with Crippen LogP contribution in [0.4, 0.5) is 0 Å². The van der Waals surface area contributed by atoms with E-state index in [0.29, 0.717) is 6.61 Å². The summed E-state index contributed by atoms with van der Waals surface area (Å²) in [6, 6.07) is 0.210. The maximum atomic E-state index is 5.34. The molecular weight excluding hydrogens is 166 g/mol. The van der Waals surface area contributed by atoms with Crippen molar-refractivity contribution in [1.82, 2.24) is 15.3 Å². The maximum absolute atomic E-state index is 5.34. The van der Waals surface area contributed by atoms with Gasteiger partial charge in [-0.05, 0) is 6.92 Å². The van der Waals surface area contributed by atoms with Crippen molar-refractivity contribution in [3.8, 4) is 0 Å². The lowest BCUT2D eigenvalue weighted by Crippen LogP contribution is -2.35. The number of aromatic nitrogens is 2. The third-order valence-electron chi connectivity index (χ3n) is 2.08. The van der Waals surface area contributed by atoms with E-state index in [1.54, 1.807) is 6.20 Å². The molecular formula is C9H13N3O. The molecule has 0 bridgehead atoms. The van der Waals surface area contributed by atoms with Crippen LogP contribution in [0.25, 0.3) is 0 Å². The lowest BCUT2D eigenvalue weighted by molar-refractivity contribution is 0.0755. The molecule has 1 N–H and O–H groups in total. The van der Waals surface area contributed by atoms with E-state index >= 15 is 0 Å². The molecule has 4 nitrogen and oxygen atoms in total. The van der Waals surface area contributed by atoms with Crippen molar-refractivity contribution in [2.45, 2.75) is 13.0 Å². The molecule has 0 aliphatic carbocycles. The van der Waals surface area contributed by atoms with Gasteiger partial charge in [-0.25, -0.2) is 0 Å². The molecule has 0 amide bonds. The van der Waals surface area contributed by atoms with Gasteiger partial charge in [-0.1, -0.05) is 0 Å². The van der Waals surface area contributed by atoms with Crippen molar-refractivity contribution < 1.29 is 4.74 Å². The topological polar surface area (TPSA) is 47.0 Å². The summed E-state index contributed by atoms with van der Waals surface area (Å²) >= 11 is 0. The largest absolute Gasteiger partial charge is 0.378 e. The highest BCUT2D eigenvalue weighted by atomic mass is 16.5. The molecule has 1 fully saturated rings. The van der Waals surface area contributed by atoms with E-state index in [2.05, 4.69) is 15.3 Å². The van der Waals surface area contributed by atoms with Gasteiger partial charge < -0.3 is 10.1 Å². The Morgan fingerprint density at radius 1 is 1.46 bits per heavy atom. The van der Waals surface area contributed by atoms with Crippen molar-refractivity contribution in [2.24, 2.45) is 0 Å². The Hall–Kier alpha value is -1.00. The molecule has 2 rings (SSSR count). The molecule has 13 heavy (non-hydrogen) atoms. The first-order chi connectivity index (χ1) is 6.36. The molecule has 1 aromatic heterocycles. The molecule has 1 aromatic rings. The number of ether oxygens (including phenoxy) is 1. The predicted octanol–water partition coefficient (Wildman–Crippen LogP) is 0.446. The smallest absolute Gasteiger partial charge is 0.0779 e. The molecule has 1 atom stereocenters. The van der Waals surface area contributed by atoms with Crippen LogP contribution in [0.3, 0.4) is 0 Å². The second-order valence-electron chi connectivity index (χ2n) is 3.16. The molecule has 0 saturated carbocycles. The molecule has 0 aromatic carbocycles. The maximum Gasteiger partial charge on any atom is 0.0779 e. The van der Waals surface area contributed by atoms with E-state index < -0.39 is 0 Å². The van der Waals surface area contributed by atoms with Crippen LogP contribution >= 0.6 is 0 Å². The van der Waals surface area contributed by atoms with Crippen molar-refractivity contribution in [1.29, 1.82) is 0 Å². The zero-order chi connectivity index (χ0) is 9.10. The Morgan fingerprint density at radius 2 is 2.38 bits per heavy atom. The van der Waals surface area contributed by atoms with Gasteiger partial charge in [0, 0.05) is 12.7 Å². The molecule has 1 aliphatic heterocycles. The van der Waals surface area contributed by atoms with Crippen LogP contribution in [0.5, 0.6) is 0 Å². The SMILES string of the molecule is Cc1cnc(C2COCCN2)cn1. The van der Waals surface area contributed by atoms with Crippen LogP contribution in [-0.2, 0) is 4.74 Å². The van der Waals surface area contributed by atoms with Gasteiger partial charge in [0.05, 0.1) is 36.8 Å². The monoisotopic (exact) mass is 179 g/mol. The number of rotatable bonds is 1. The highest BCUT2D eigenvalue weighted by molar-refractivity contribution is 5.06. The molecule has 1 unspecified atom stereocenters. The zero-order valence-electron chi connectivity index (χ0n) is 7.66. The van der Waals surface area contributed by atoms with Crippen LogP contribution in [0.2, 0.25) is 0 Å². The number of nitrogens with zero attached hydrogens (tertiary/aromatic N) is 2. The van der Waals surface area contributed by atoms with Gasteiger partial charge in [0.15, 0.2) is 0 Å². The third-order valence-corrected chi connectivity index (χ3v) is 2.08. The average Bonchev–Trinajstić information content (AvgIpc) is 2.20. The lowest BCUT2D eigenvalue weighted by Gasteiger charge is -2.22. The van der Waals surface area contributed by atoms with Gasteiger partial charge in [0.1, 0.15) is 0 Å². The Morgan fingerprint density at radius 3 is 3.00 bits per heavy atom. The summed E-state index contributed by atoms with van der Waals surface area (Å²) in [5, 5.41) is 3.33. The van der Waals surface area contributed by atoms with E-state index in [1.807, 2.05) is 13.1 Å². The molecule has 1 saturated heterocycles. The van der Waals surface area contributed by atoms with E-state index in [1.165, 1.54) is 0 Å². The number of hydrogen-bond acceptors (Lipinski definition) is 4. The van der Waals surface area contributed by atoms with Crippen molar-refractivity contribution >= 4 is 0 Å². The fourth-order valence-corrected chi connectivity index (χ4v) is 1.34. The zero-order valence-corrected chi connectivity index (χ0v) is 7.66. The molecule has 1 aliphatic rings. The first-order valence-electron chi connectivity index (χ1n) is 4.46. The van der Waals surface area contributed by atoms with Crippen molar-refractivity contribution in [3.63, 3.8) is 0 Å². The second kappa shape index (κ2) is 3.81. The molecule has 4 heteroatoms. The summed E-state index contributed by atoms with van der Waals surface area (Å²) in [5.41, 5.74) is 1.91. The Balaban J connectivity index is 2.10. The van der Waals surface area contributed by atoms with Gasteiger partial charge in [-0.2, -0.15) is 0 Å². The quantitative estimate of drug-likeness (QED) is 0.679. The van der Waals surface area contributed by atoms with Crippen LogP contribution in [0.1, 0.15) is 17.4 Å². The third kappa shape index (κ3) is 2.02. The first kappa shape index (κ1) is 8.59. The van der Waals surface area contributed by atoms with Gasteiger partial charge in [0.2, 0.25) is 0 Å². The van der Waals surface area contributed by atoms with Gasteiger partial charge in [-0.3, -0.25) is 9.97 Å². The van der Waals surface area contributed by atoms with E-state index in [-0.39, 0.29) is 6.04 Å². The Kier molecular flexibility index (Phi) is 2.52. The summed E-state index contributed by atoms with van der Waals surface area (Å²) in [5.74, 6) is 0. The standard InChI is InChI=1S/C9H13N3O/c1-7-4-12-8(5-11-7)9-6-13-3-2-10-9/h4-5,9-10H,2-3,6H2,1H3. The molecule has 70 valence electrons. The highest BCUT2D eigenvalue weighted by Crippen LogP contribution is 2.11. The summed E-state index contributed by atoms with van der Waals surface area (Å²) in [6.07, 6.45) is 3.59. The fourth-order valence-electron chi connectivity index (χ4n) is 1.34. The first-order valence-corrected chi connectivity index (χ1v) is 4.46. The molecule has 0 spiro atoms. The number of morpholine rings is 1. The Bertz CT molecular complexity index is 267. The highest BCUT2D eigenvalue weighted by Gasteiger charge is 2.16. The van der Waals surface area contributed by atoms with Crippen LogP contribution in [0, 0.1) is 6.92 Å². The number of nitrogens with one attached hydrogen (secondary N) is 1. The number of aryl methyl sites for hydroxylation is 1.